The van der Waals surface area contributed by atoms with Gasteiger partial charge in [-0.25, -0.2) is 0 Å². The van der Waals surface area contributed by atoms with Crippen molar-refractivity contribution >= 4 is 11.9 Å². The van der Waals surface area contributed by atoms with Crippen molar-refractivity contribution in [3.63, 3.8) is 0 Å². The normalized spacial score (nSPS) is 22.3. The molecule has 0 aromatic heterocycles. The van der Waals surface area contributed by atoms with E-state index in [2.05, 4.69) is 6.92 Å². The zero-order valence-electron chi connectivity index (χ0n) is 12.3. The summed E-state index contributed by atoms with van der Waals surface area (Å²) in [5.41, 5.74) is 6.68. The van der Waals surface area contributed by atoms with Crippen LogP contribution < -0.4 is 0 Å². The van der Waals surface area contributed by atoms with E-state index in [1.807, 2.05) is 0 Å². The third kappa shape index (κ3) is 8.01. The molecule has 6 heteroatoms. The van der Waals surface area contributed by atoms with Gasteiger partial charge in [-0.2, -0.15) is 12.0 Å². The molecule has 1 rings (SSSR count). The van der Waals surface area contributed by atoms with Crippen LogP contribution in [0.15, 0.2) is 0 Å². The Morgan fingerprint density at radius 1 is 1.15 bits per heavy atom. The predicted molar refractivity (Wildman–Crippen MR) is 73.6 cm³/mol. The van der Waals surface area contributed by atoms with E-state index in [1.165, 1.54) is 19.3 Å². The first kappa shape index (κ1) is 21.9. The van der Waals surface area contributed by atoms with Crippen LogP contribution in [0.25, 0.3) is 5.73 Å². The minimum absolute atomic E-state index is 0. The third-order valence-electron chi connectivity index (χ3n) is 3.27. The molecule has 20 heavy (non-hydrogen) atoms. The van der Waals surface area contributed by atoms with Gasteiger partial charge >= 0.3 is 33.0 Å². The van der Waals surface area contributed by atoms with E-state index in [0.717, 1.165) is 6.42 Å². The molecule has 0 bridgehead atoms. The van der Waals surface area contributed by atoms with Crippen molar-refractivity contribution in [3.05, 3.63) is 12.7 Å². The van der Waals surface area contributed by atoms with Gasteiger partial charge in [0.15, 0.2) is 5.92 Å². The number of rotatable bonds is 2. The monoisotopic (exact) mass is 466 g/mol. The predicted octanol–water partition coefficient (Wildman–Crippen LogP) is 3.25. The number of hydrogen-bond acceptors (Lipinski definition) is 2. The standard InChI is InChI=1S/C7H13N.C7H12O4.Pt/c1-6-4-2-3-5-7(6)8;1-7(2,3)4(5(8)9)6(10)11;/h6-8H,1-5H2;4H,1-3H3,(H,8,9)(H,10,11);/q-2;;+2. The first-order valence-corrected chi connectivity index (χ1v) is 6.57. The molecule has 5 nitrogen and oxygen atoms in total. The number of carbonyl (C=O) groups is 2. The molecule has 1 saturated carbocycles. The Labute approximate surface area is 135 Å². The summed E-state index contributed by atoms with van der Waals surface area (Å²) in [6.07, 6.45) is 4.80. The van der Waals surface area contributed by atoms with Gasteiger partial charge in [-0.1, -0.05) is 46.5 Å². The van der Waals surface area contributed by atoms with Gasteiger partial charge in [0.2, 0.25) is 0 Å². The molecule has 0 radical (unpaired) electrons. The maximum absolute atomic E-state index is 10.4. The molecule has 1 fully saturated rings. The fraction of sp³-hybridized carbons (Fsp3) is 0.786. The fourth-order valence-corrected chi connectivity index (χ4v) is 2.05. The van der Waals surface area contributed by atoms with E-state index < -0.39 is 23.3 Å². The molecule has 1 aliphatic carbocycles. The van der Waals surface area contributed by atoms with E-state index in [4.69, 9.17) is 15.9 Å². The topological polar surface area (TPSA) is 98.4 Å². The minimum atomic E-state index is -1.33. The van der Waals surface area contributed by atoms with Crippen LogP contribution >= 0.6 is 0 Å². The Kier molecular flexibility index (Phi) is 10.4. The van der Waals surface area contributed by atoms with Crippen LogP contribution in [-0.2, 0) is 30.7 Å². The molecule has 2 unspecified atom stereocenters. The smallest absolute Gasteiger partial charge is 0.677 e. The van der Waals surface area contributed by atoms with Crippen molar-refractivity contribution in [2.75, 3.05) is 0 Å². The van der Waals surface area contributed by atoms with Gasteiger partial charge in [0, 0.05) is 0 Å². The van der Waals surface area contributed by atoms with Crippen molar-refractivity contribution < 1.29 is 40.9 Å². The summed E-state index contributed by atoms with van der Waals surface area (Å²) in [6, 6.07) is 0.142. The van der Waals surface area contributed by atoms with Crippen molar-refractivity contribution in [1.82, 2.24) is 0 Å². The number of nitrogens with one attached hydrogen (secondary N) is 1. The molecule has 0 aromatic carbocycles. The van der Waals surface area contributed by atoms with Gasteiger partial charge in [-0.15, -0.1) is 0 Å². The number of aliphatic carboxylic acids is 2. The summed E-state index contributed by atoms with van der Waals surface area (Å²) in [6.45, 7) is 8.64. The first-order chi connectivity index (χ1) is 8.57. The van der Waals surface area contributed by atoms with E-state index in [9.17, 15) is 9.59 Å². The van der Waals surface area contributed by atoms with Crippen LogP contribution in [-0.4, -0.2) is 28.2 Å². The molecule has 2 atom stereocenters. The van der Waals surface area contributed by atoms with Crippen molar-refractivity contribution in [3.8, 4) is 0 Å². The van der Waals surface area contributed by atoms with Crippen molar-refractivity contribution in [2.45, 2.75) is 52.5 Å². The largest absolute Gasteiger partial charge is 2.00 e. The quantitative estimate of drug-likeness (QED) is 0.482. The molecule has 0 spiro atoms. The number of carboxylic acids is 2. The Hall–Kier alpha value is -0.412. The van der Waals surface area contributed by atoms with E-state index in [1.54, 1.807) is 20.8 Å². The maximum Gasteiger partial charge on any atom is 2.00 e. The van der Waals surface area contributed by atoms with Crippen molar-refractivity contribution in [1.29, 1.82) is 0 Å². The molecule has 1 aliphatic rings. The van der Waals surface area contributed by atoms with Gasteiger partial charge in [-0.3, -0.25) is 9.59 Å². The second-order valence-electron chi connectivity index (χ2n) is 6.13. The van der Waals surface area contributed by atoms with Gasteiger partial charge in [0.05, 0.1) is 0 Å². The third-order valence-corrected chi connectivity index (χ3v) is 3.27. The average Bonchev–Trinajstić information content (AvgIpc) is 2.19. The Morgan fingerprint density at radius 3 is 1.70 bits per heavy atom. The Bertz CT molecular complexity index is 291. The van der Waals surface area contributed by atoms with E-state index >= 15 is 0 Å². The molecule has 0 heterocycles. The van der Waals surface area contributed by atoms with Crippen LogP contribution in [0.1, 0.15) is 46.5 Å². The van der Waals surface area contributed by atoms with E-state index in [0.29, 0.717) is 5.92 Å². The first-order valence-electron chi connectivity index (χ1n) is 6.57. The van der Waals surface area contributed by atoms with Crippen molar-refractivity contribution in [2.24, 2.45) is 17.3 Å². The minimum Gasteiger partial charge on any atom is -0.677 e. The van der Waals surface area contributed by atoms with Crippen LogP contribution in [0.2, 0.25) is 0 Å². The summed E-state index contributed by atoms with van der Waals surface area (Å²) >= 11 is 0. The molecule has 0 aliphatic heterocycles. The average molecular weight is 466 g/mol. The zero-order chi connectivity index (χ0) is 15.2. The van der Waals surface area contributed by atoms with Crippen LogP contribution in [0.3, 0.4) is 0 Å². The fourth-order valence-electron chi connectivity index (χ4n) is 2.05. The van der Waals surface area contributed by atoms with Gasteiger partial charge < -0.3 is 22.9 Å². The summed E-state index contributed by atoms with van der Waals surface area (Å²) in [5.74, 6) is -3.48. The maximum atomic E-state index is 10.4. The summed E-state index contributed by atoms with van der Waals surface area (Å²) in [5, 5.41) is 17.0. The molecule has 0 amide bonds. The molecule has 0 aromatic rings. The molecular weight excluding hydrogens is 441 g/mol. The SMILES string of the molecule is CC(C)(C)C(C(=O)O)C(=O)O.[CH2-]C1CCCCC1[NH-].[Pt+2]. The van der Waals surface area contributed by atoms with Gasteiger partial charge in [-0.05, 0) is 5.41 Å². The van der Waals surface area contributed by atoms with Crippen LogP contribution in [0.5, 0.6) is 0 Å². The number of hydrogen-bond donors (Lipinski definition) is 2. The summed E-state index contributed by atoms with van der Waals surface area (Å²) in [4.78, 5) is 20.8. The molecule has 3 N–H and O–H groups in total. The number of carboxylic acid groups (broad SMARTS) is 2. The Morgan fingerprint density at radius 2 is 1.55 bits per heavy atom. The molecular formula is C14H25NO4Pt. The second-order valence-corrected chi connectivity index (χ2v) is 6.13. The molecule has 0 saturated heterocycles. The zero-order valence-corrected chi connectivity index (χ0v) is 14.6. The second kappa shape index (κ2) is 9.51. The van der Waals surface area contributed by atoms with Gasteiger partial charge in [0.1, 0.15) is 0 Å². The van der Waals surface area contributed by atoms with Gasteiger partial charge in [0.25, 0.3) is 0 Å². The van der Waals surface area contributed by atoms with Crippen LogP contribution in [0.4, 0.5) is 0 Å². The Balaban J connectivity index is 0. The van der Waals surface area contributed by atoms with Crippen LogP contribution in [0, 0.1) is 24.2 Å². The summed E-state index contributed by atoms with van der Waals surface area (Å²) < 4.78 is 0. The summed E-state index contributed by atoms with van der Waals surface area (Å²) in [7, 11) is 0. The molecule has 120 valence electrons. The van der Waals surface area contributed by atoms with E-state index in [-0.39, 0.29) is 27.1 Å².